The second-order valence-electron chi connectivity index (χ2n) is 5.11. The summed E-state index contributed by atoms with van der Waals surface area (Å²) in [4.78, 5) is 23.6. The van der Waals surface area contributed by atoms with Crippen molar-refractivity contribution in [3.63, 3.8) is 0 Å². The van der Waals surface area contributed by atoms with Crippen LogP contribution in [-0.4, -0.2) is 18.4 Å². The zero-order chi connectivity index (χ0) is 17.5. The van der Waals surface area contributed by atoms with Crippen LogP contribution in [0.15, 0.2) is 53.0 Å². The second-order valence-corrected chi connectivity index (χ2v) is 6.03. The normalized spacial score (nSPS) is 10.6. The van der Waals surface area contributed by atoms with Gasteiger partial charge in [0.2, 0.25) is 11.8 Å². The van der Waals surface area contributed by atoms with Crippen LogP contribution in [0.4, 0.5) is 10.1 Å². The minimum absolute atomic E-state index is 0.137. The summed E-state index contributed by atoms with van der Waals surface area (Å²) in [6.45, 7) is 1.74. The molecule has 2 aromatic carbocycles. The molecular weight excluding hydrogens is 375 g/mol. The van der Waals surface area contributed by atoms with E-state index in [1.165, 1.54) is 18.2 Å². The van der Waals surface area contributed by atoms with Crippen molar-refractivity contribution in [1.82, 2.24) is 5.32 Å². The largest absolute Gasteiger partial charge is 0.343 e. The van der Waals surface area contributed by atoms with Crippen molar-refractivity contribution in [1.29, 1.82) is 0 Å². The highest BCUT2D eigenvalue weighted by atomic mass is 79.9. The van der Waals surface area contributed by atoms with Crippen molar-refractivity contribution in [3.05, 3.63) is 70.0 Å². The van der Waals surface area contributed by atoms with Crippen LogP contribution in [0.5, 0.6) is 0 Å². The zero-order valence-electron chi connectivity index (χ0n) is 13.0. The molecule has 0 aliphatic carbocycles. The fourth-order valence-corrected chi connectivity index (χ4v) is 2.41. The third kappa shape index (κ3) is 5.62. The fraction of sp³-hybridized carbons (Fsp3) is 0.111. The molecule has 0 fully saturated rings. The number of aryl methyl sites for hydroxylation is 1. The summed E-state index contributed by atoms with van der Waals surface area (Å²) in [5, 5.41) is 5.23. The topological polar surface area (TPSA) is 58.2 Å². The molecule has 0 spiro atoms. The Balaban J connectivity index is 1.82. The number of nitrogens with one attached hydrogen (secondary N) is 2. The van der Waals surface area contributed by atoms with Crippen LogP contribution in [-0.2, 0) is 9.59 Å². The van der Waals surface area contributed by atoms with E-state index in [0.29, 0.717) is 11.3 Å². The van der Waals surface area contributed by atoms with Crippen LogP contribution in [0.1, 0.15) is 11.1 Å². The molecule has 0 unspecified atom stereocenters. The highest BCUT2D eigenvalue weighted by Gasteiger charge is 2.06. The molecule has 0 bridgehead atoms. The Labute approximate surface area is 147 Å². The summed E-state index contributed by atoms with van der Waals surface area (Å²) in [5.74, 6) is -1.05. The van der Waals surface area contributed by atoms with Gasteiger partial charge in [0.1, 0.15) is 5.82 Å². The molecule has 0 aliphatic heterocycles. The van der Waals surface area contributed by atoms with E-state index in [2.05, 4.69) is 26.6 Å². The van der Waals surface area contributed by atoms with Crippen molar-refractivity contribution in [3.8, 4) is 0 Å². The van der Waals surface area contributed by atoms with Gasteiger partial charge in [-0.3, -0.25) is 9.59 Å². The van der Waals surface area contributed by atoms with E-state index in [4.69, 9.17) is 0 Å². The van der Waals surface area contributed by atoms with Crippen molar-refractivity contribution in [2.24, 2.45) is 0 Å². The Hall–Kier alpha value is -2.47. The van der Waals surface area contributed by atoms with Gasteiger partial charge < -0.3 is 10.6 Å². The Morgan fingerprint density at radius 3 is 2.54 bits per heavy atom. The first-order valence-corrected chi connectivity index (χ1v) is 8.01. The van der Waals surface area contributed by atoms with E-state index >= 15 is 0 Å². The summed E-state index contributed by atoms with van der Waals surface area (Å²) in [5.41, 5.74) is 2.31. The van der Waals surface area contributed by atoms with Crippen molar-refractivity contribution in [2.45, 2.75) is 6.92 Å². The van der Waals surface area contributed by atoms with Gasteiger partial charge in [0.05, 0.1) is 6.54 Å². The molecule has 0 saturated carbocycles. The molecule has 0 radical (unpaired) electrons. The maximum absolute atomic E-state index is 12.8. The number of amides is 2. The number of halogens is 2. The molecule has 0 atom stereocenters. The minimum Gasteiger partial charge on any atom is -0.343 e. The summed E-state index contributed by atoms with van der Waals surface area (Å²) < 4.78 is 13.7. The first kappa shape index (κ1) is 17.9. The molecule has 0 saturated heterocycles. The lowest BCUT2D eigenvalue weighted by Crippen LogP contribution is -2.31. The lowest BCUT2D eigenvalue weighted by Gasteiger charge is -2.09. The van der Waals surface area contributed by atoms with E-state index in [1.807, 2.05) is 19.1 Å². The van der Waals surface area contributed by atoms with Gasteiger partial charge in [-0.05, 0) is 54.5 Å². The molecule has 2 N–H and O–H groups in total. The predicted molar refractivity (Wildman–Crippen MR) is 96.0 cm³/mol. The summed E-state index contributed by atoms with van der Waals surface area (Å²) in [6, 6.07) is 11.2. The van der Waals surface area contributed by atoms with Crippen molar-refractivity contribution < 1.29 is 14.0 Å². The highest BCUT2D eigenvalue weighted by Crippen LogP contribution is 2.19. The van der Waals surface area contributed by atoms with Crippen LogP contribution in [0.25, 0.3) is 6.08 Å². The third-order valence-corrected chi connectivity index (χ3v) is 3.68. The number of hydrogen-bond acceptors (Lipinski definition) is 2. The van der Waals surface area contributed by atoms with Gasteiger partial charge in [-0.2, -0.15) is 0 Å². The van der Waals surface area contributed by atoms with Crippen molar-refractivity contribution >= 4 is 39.5 Å². The van der Waals surface area contributed by atoms with Crippen LogP contribution in [0.2, 0.25) is 0 Å². The van der Waals surface area contributed by atoms with Gasteiger partial charge in [0, 0.05) is 16.2 Å². The monoisotopic (exact) mass is 390 g/mol. The SMILES string of the molecule is Cc1cc(Br)ccc1NC(=O)CNC(=O)/C=C/c1ccc(F)cc1. The second kappa shape index (κ2) is 8.40. The number of rotatable bonds is 5. The quantitative estimate of drug-likeness (QED) is 0.765. The number of anilines is 1. The molecule has 0 heterocycles. The van der Waals surface area contributed by atoms with Gasteiger partial charge in [-0.25, -0.2) is 4.39 Å². The molecule has 2 amide bonds. The molecule has 2 aromatic rings. The number of benzene rings is 2. The lowest BCUT2D eigenvalue weighted by atomic mass is 10.2. The maximum atomic E-state index is 12.8. The third-order valence-electron chi connectivity index (χ3n) is 3.18. The standard InChI is InChI=1S/C18H16BrFN2O2/c1-12-10-14(19)5-8-16(12)22-18(24)11-21-17(23)9-4-13-2-6-15(20)7-3-13/h2-10H,11H2,1H3,(H,21,23)(H,22,24)/b9-4+. The molecule has 0 aliphatic rings. The Bertz CT molecular complexity index is 773. The van der Waals surface area contributed by atoms with E-state index in [9.17, 15) is 14.0 Å². The lowest BCUT2D eigenvalue weighted by molar-refractivity contribution is -0.121. The van der Waals surface area contributed by atoms with E-state index < -0.39 is 5.91 Å². The molecular formula is C18H16BrFN2O2. The van der Waals surface area contributed by atoms with Gasteiger partial charge in [-0.15, -0.1) is 0 Å². The summed E-state index contributed by atoms with van der Waals surface area (Å²) >= 11 is 3.35. The zero-order valence-corrected chi connectivity index (χ0v) is 14.6. The smallest absolute Gasteiger partial charge is 0.244 e. The number of carbonyl (C=O) groups is 2. The molecule has 2 rings (SSSR count). The van der Waals surface area contributed by atoms with E-state index in [0.717, 1.165) is 10.0 Å². The predicted octanol–water partition coefficient (Wildman–Crippen LogP) is 3.66. The van der Waals surface area contributed by atoms with Crippen molar-refractivity contribution in [2.75, 3.05) is 11.9 Å². The van der Waals surface area contributed by atoms with Crippen LogP contribution in [0.3, 0.4) is 0 Å². The Kier molecular flexibility index (Phi) is 6.26. The number of hydrogen-bond donors (Lipinski definition) is 2. The molecule has 0 aromatic heterocycles. The average Bonchev–Trinajstić information content (AvgIpc) is 2.55. The van der Waals surface area contributed by atoms with Crippen LogP contribution < -0.4 is 10.6 Å². The van der Waals surface area contributed by atoms with Crippen LogP contribution >= 0.6 is 15.9 Å². The first-order valence-electron chi connectivity index (χ1n) is 7.21. The van der Waals surface area contributed by atoms with E-state index in [1.54, 1.807) is 24.3 Å². The molecule has 4 nitrogen and oxygen atoms in total. The minimum atomic E-state index is -0.401. The average molecular weight is 391 g/mol. The van der Waals surface area contributed by atoms with Gasteiger partial charge in [-0.1, -0.05) is 28.1 Å². The summed E-state index contributed by atoms with van der Waals surface area (Å²) in [6.07, 6.45) is 2.84. The summed E-state index contributed by atoms with van der Waals surface area (Å²) in [7, 11) is 0. The Morgan fingerprint density at radius 1 is 1.17 bits per heavy atom. The highest BCUT2D eigenvalue weighted by molar-refractivity contribution is 9.10. The van der Waals surface area contributed by atoms with Gasteiger partial charge in [0.25, 0.3) is 0 Å². The molecule has 6 heteroatoms. The molecule has 124 valence electrons. The fourth-order valence-electron chi connectivity index (χ4n) is 1.93. The van der Waals surface area contributed by atoms with Gasteiger partial charge >= 0.3 is 0 Å². The van der Waals surface area contributed by atoms with Crippen LogP contribution in [0, 0.1) is 12.7 Å². The van der Waals surface area contributed by atoms with Gasteiger partial charge in [0.15, 0.2) is 0 Å². The maximum Gasteiger partial charge on any atom is 0.244 e. The number of carbonyl (C=O) groups excluding carboxylic acids is 2. The Morgan fingerprint density at radius 2 is 1.88 bits per heavy atom. The van der Waals surface area contributed by atoms with E-state index in [-0.39, 0.29) is 18.3 Å². The molecule has 24 heavy (non-hydrogen) atoms. The first-order chi connectivity index (χ1) is 11.4.